The molecule has 0 saturated heterocycles. The molecule has 2 aromatic carbocycles. The second kappa shape index (κ2) is 8.26. The van der Waals surface area contributed by atoms with E-state index in [2.05, 4.69) is 0 Å². The van der Waals surface area contributed by atoms with Crippen molar-refractivity contribution in [1.82, 2.24) is 0 Å². The summed E-state index contributed by atoms with van der Waals surface area (Å²) in [4.78, 5) is 20.1. The van der Waals surface area contributed by atoms with Crippen LogP contribution in [0.25, 0.3) is 6.08 Å². The van der Waals surface area contributed by atoms with Gasteiger partial charge in [-0.1, -0.05) is 18.2 Å². The fourth-order valence-corrected chi connectivity index (χ4v) is 1.49. The Kier molecular flexibility index (Phi) is 6.37. The lowest BCUT2D eigenvalue weighted by atomic mass is 10.1. The van der Waals surface area contributed by atoms with Gasteiger partial charge in [0.2, 0.25) is 0 Å². The standard InChI is InChI=1S/C10H10O2.C7H6O3/c1-8-4-5-9(3-2-6-11)7-10(8)12;8-4-5-1-2-6(9)7(10)3-5/h2-7,12H,1H3;1-4,9-10H/b3-2+;. The number of hydrogen-bond donors (Lipinski definition) is 3. The van der Waals surface area contributed by atoms with Crippen molar-refractivity contribution in [3.05, 3.63) is 59.2 Å². The van der Waals surface area contributed by atoms with Gasteiger partial charge in [-0.2, -0.15) is 0 Å². The van der Waals surface area contributed by atoms with E-state index in [4.69, 9.17) is 10.2 Å². The lowest BCUT2D eigenvalue weighted by Crippen LogP contribution is -1.77. The molecule has 0 unspecified atom stereocenters. The van der Waals surface area contributed by atoms with E-state index in [1.54, 1.807) is 18.2 Å². The lowest BCUT2D eigenvalue weighted by Gasteiger charge is -1.98. The van der Waals surface area contributed by atoms with E-state index in [1.807, 2.05) is 13.0 Å². The molecule has 0 spiro atoms. The van der Waals surface area contributed by atoms with Crippen LogP contribution in [0.1, 0.15) is 21.5 Å². The highest BCUT2D eigenvalue weighted by Gasteiger charge is 1.97. The second-order valence-corrected chi connectivity index (χ2v) is 4.41. The molecule has 0 atom stereocenters. The SMILES string of the molecule is Cc1ccc(/C=C/C=O)cc1O.O=Cc1ccc(O)c(O)c1. The van der Waals surface area contributed by atoms with Gasteiger partial charge in [0.05, 0.1) is 0 Å². The first-order valence-electron chi connectivity index (χ1n) is 6.36. The molecule has 3 N–H and O–H groups in total. The van der Waals surface area contributed by atoms with Crippen LogP contribution in [0.4, 0.5) is 0 Å². The number of aldehydes is 2. The minimum Gasteiger partial charge on any atom is -0.508 e. The Balaban J connectivity index is 0.000000224. The second-order valence-electron chi connectivity index (χ2n) is 4.41. The number of aryl methyl sites for hydroxylation is 1. The minimum atomic E-state index is -0.274. The number of hydrogen-bond acceptors (Lipinski definition) is 5. The predicted molar refractivity (Wildman–Crippen MR) is 83.1 cm³/mol. The first kappa shape index (κ1) is 17.0. The van der Waals surface area contributed by atoms with Gasteiger partial charge in [-0.15, -0.1) is 0 Å². The summed E-state index contributed by atoms with van der Waals surface area (Å²) in [7, 11) is 0. The van der Waals surface area contributed by atoms with Crippen molar-refractivity contribution < 1.29 is 24.9 Å². The molecule has 0 saturated carbocycles. The molecular weight excluding hydrogens is 284 g/mol. The molecule has 114 valence electrons. The third kappa shape index (κ3) is 5.13. The molecule has 0 radical (unpaired) electrons. The third-order valence-electron chi connectivity index (χ3n) is 2.74. The molecular formula is C17H16O5. The highest BCUT2D eigenvalue weighted by atomic mass is 16.3. The Labute approximate surface area is 127 Å². The average molecular weight is 300 g/mol. The highest BCUT2D eigenvalue weighted by Crippen LogP contribution is 2.23. The van der Waals surface area contributed by atoms with Gasteiger partial charge in [0.25, 0.3) is 0 Å². The van der Waals surface area contributed by atoms with Crippen molar-refractivity contribution in [2.45, 2.75) is 6.92 Å². The molecule has 2 rings (SSSR count). The van der Waals surface area contributed by atoms with Crippen molar-refractivity contribution >= 4 is 18.6 Å². The van der Waals surface area contributed by atoms with Crippen LogP contribution in [0.3, 0.4) is 0 Å². The largest absolute Gasteiger partial charge is 0.508 e. The van der Waals surface area contributed by atoms with Crippen LogP contribution in [0, 0.1) is 6.92 Å². The summed E-state index contributed by atoms with van der Waals surface area (Å²) in [5.74, 6) is -0.238. The van der Waals surface area contributed by atoms with E-state index in [-0.39, 0.29) is 17.2 Å². The molecule has 5 nitrogen and oxygen atoms in total. The number of allylic oxidation sites excluding steroid dienone is 1. The van der Waals surface area contributed by atoms with Gasteiger partial charge in [-0.25, -0.2) is 0 Å². The van der Waals surface area contributed by atoms with Crippen LogP contribution < -0.4 is 0 Å². The van der Waals surface area contributed by atoms with Gasteiger partial charge in [0, 0.05) is 5.56 Å². The number of benzene rings is 2. The topological polar surface area (TPSA) is 94.8 Å². The Hall–Kier alpha value is -3.08. The van der Waals surface area contributed by atoms with Crippen LogP contribution in [0.5, 0.6) is 17.2 Å². The predicted octanol–water partition coefficient (Wildman–Crippen LogP) is 2.82. The van der Waals surface area contributed by atoms with Crippen LogP contribution in [0.15, 0.2) is 42.5 Å². The summed E-state index contributed by atoms with van der Waals surface area (Å²) < 4.78 is 0. The van der Waals surface area contributed by atoms with Gasteiger partial charge in [0.1, 0.15) is 18.3 Å². The third-order valence-corrected chi connectivity index (χ3v) is 2.74. The average Bonchev–Trinajstić information content (AvgIpc) is 2.52. The molecule has 0 fully saturated rings. The summed E-state index contributed by atoms with van der Waals surface area (Å²) in [6, 6.07) is 9.15. The molecule has 0 heterocycles. The number of carbonyl (C=O) groups is 2. The van der Waals surface area contributed by atoms with E-state index in [0.717, 1.165) is 11.1 Å². The lowest BCUT2D eigenvalue weighted by molar-refractivity contribution is -0.104. The molecule has 0 aliphatic heterocycles. The fourth-order valence-electron chi connectivity index (χ4n) is 1.49. The smallest absolute Gasteiger partial charge is 0.158 e. The molecule has 5 heteroatoms. The first-order valence-corrected chi connectivity index (χ1v) is 6.36. The number of phenolic OH excluding ortho intramolecular Hbond substituents is 3. The van der Waals surface area contributed by atoms with Crippen LogP contribution >= 0.6 is 0 Å². The van der Waals surface area contributed by atoms with E-state index < -0.39 is 0 Å². The Morgan fingerprint density at radius 2 is 1.45 bits per heavy atom. The van der Waals surface area contributed by atoms with Gasteiger partial charge in [-0.05, 0) is 48.4 Å². The molecule has 0 aliphatic rings. The van der Waals surface area contributed by atoms with E-state index >= 15 is 0 Å². The molecule has 22 heavy (non-hydrogen) atoms. The van der Waals surface area contributed by atoms with Crippen LogP contribution in [0.2, 0.25) is 0 Å². The number of phenols is 3. The molecule has 0 aromatic heterocycles. The zero-order valence-electron chi connectivity index (χ0n) is 11.9. The van der Waals surface area contributed by atoms with Gasteiger partial charge in [0.15, 0.2) is 11.5 Å². The van der Waals surface area contributed by atoms with Crippen molar-refractivity contribution in [1.29, 1.82) is 0 Å². The maximum Gasteiger partial charge on any atom is 0.158 e. The maximum atomic E-state index is 10.1. The summed E-state index contributed by atoms with van der Waals surface area (Å²) >= 11 is 0. The maximum absolute atomic E-state index is 10.1. The minimum absolute atomic E-state index is 0.217. The quantitative estimate of drug-likeness (QED) is 0.460. The van der Waals surface area contributed by atoms with Gasteiger partial charge < -0.3 is 15.3 Å². The summed E-state index contributed by atoms with van der Waals surface area (Å²) in [6.45, 7) is 1.82. The molecule has 0 bridgehead atoms. The van der Waals surface area contributed by atoms with E-state index in [0.29, 0.717) is 18.1 Å². The zero-order valence-corrected chi connectivity index (χ0v) is 11.9. The van der Waals surface area contributed by atoms with Crippen molar-refractivity contribution in [2.24, 2.45) is 0 Å². The fraction of sp³-hybridized carbons (Fsp3) is 0.0588. The van der Waals surface area contributed by atoms with Crippen molar-refractivity contribution in [2.75, 3.05) is 0 Å². The summed E-state index contributed by atoms with van der Waals surface area (Å²) in [6.07, 6.45) is 4.34. The van der Waals surface area contributed by atoms with E-state index in [1.165, 1.54) is 24.3 Å². The molecule has 2 aromatic rings. The first-order chi connectivity index (χ1) is 10.5. The van der Waals surface area contributed by atoms with Crippen molar-refractivity contribution in [3.8, 4) is 17.2 Å². The number of carbonyl (C=O) groups excluding carboxylic acids is 2. The highest BCUT2D eigenvalue weighted by molar-refractivity contribution is 5.76. The zero-order chi connectivity index (χ0) is 16.5. The van der Waals surface area contributed by atoms with Gasteiger partial charge >= 0.3 is 0 Å². The van der Waals surface area contributed by atoms with E-state index in [9.17, 15) is 14.7 Å². The summed E-state index contributed by atoms with van der Waals surface area (Å²) in [5.41, 5.74) is 2.00. The number of aromatic hydroxyl groups is 3. The normalized spacial score (nSPS) is 9.86. The molecule has 0 aliphatic carbocycles. The van der Waals surface area contributed by atoms with Crippen molar-refractivity contribution in [3.63, 3.8) is 0 Å². The Morgan fingerprint density at radius 3 is 2.00 bits per heavy atom. The Bertz CT molecular complexity index is 689. The van der Waals surface area contributed by atoms with Crippen LogP contribution in [-0.4, -0.2) is 27.9 Å². The monoisotopic (exact) mass is 300 g/mol. The summed E-state index contributed by atoms with van der Waals surface area (Å²) in [5, 5.41) is 26.9. The Morgan fingerprint density at radius 1 is 0.818 bits per heavy atom. The number of rotatable bonds is 3. The van der Waals surface area contributed by atoms with Crippen LogP contribution in [-0.2, 0) is 4.79 Å². The molecule has 0 amide bonds. The van der Waals surface area contributed by atoms with Gasteiger partial charge in [-0.3, -0.25) is 9.59 Å².